The van der Waals surface area contributed by atoms with E-state index >= 15 is 0 Å². The van der Waals surface area contributed by atoms with Crippen LogP contribution in [0, 0.1) is 13.8 Å². The molecule has 0 fully saturated rings. The molecule has 0 bridgehead atoms. The Labute approximate surface area is 167 Å². The minimum Gasteiger partial charge on any atom is -0.493 e. The second kappa shape index (κ2) is 8.39. The fraction of sp³-hybridized carbons (Fsp3) is 0.300. The number of nitrogens with one attached hydrogen (secondary N) is 1. The number of fused-ring (bicyclic) bond motifs is 1. The quantitative estimate of drug-likeness (QED) is 0.766. The second-order valence-electron chi connectivity index (χ2n) is 6.27. The van der Waals surface area contributed by atoms with Crippen LogP contribution in [-0.2, 0) is 9.53 Å². The maximum atomic E-state index is 12.4. The molecule has 0 saturated heterocycles. The summed E-state index contributed by atoms with van der Waals surface area (Å²) in [6.45, 7) is 4.05. The van der Waals surface area contributed by atoms with Gasteiger partial charge in [-0.1, -0.05) is 17.7 Å². The van der Waals surface area contributed by atoms with Gasteiger partial charge in [0.25, 0.3) is 5.91 Å². The largest absolute Gasteiger partial charge is 0.493 e. The van der Waals surface area contributed by atoms with E-state index in [2.05, 4.69) is 5.32 Å². The standard InChI is InChI=1S/C20H20ClNO6/c1-11-6-12(2)18(14(21)7-11)22-17(23)10-28-20(24)13-8-15(25-3)19-16(9-13)26-4-5-27-19/h6-9H,4-5,10H2,1-3H3,(H,22,23). The van der Waals surface area contributed by atoms with Gasteiger partial charge in [0, 0.05) is 0 Å². The number of methoxy groups -OCH3 is 1. The molecular weight excluding hydrogens is 386 g/mol. The molecule has 2 aromatic rings. The van der Waals surface area contributed by atoms with Crippen molar-refractivity contribution in [2.24, 2.45) is 0 Å². The lowest BCUT2D eigenvalue weighted by Gasteiger charge is -2.21. The van der Waals surface area contributed by atoms with Crippen LogP contribution in [0.25, 0.3) is 0 Å². The van der Waals surface area contributed by atoms with Gasteiger partial charge in [-0.2, -0.15) is 0 Å². The third-order valence-corrected chi connectivity index (χ3v) is 4.39. The molecule has 0 aliphatic carbocycles. The van der Waals surface area contributed by atoms with Gasteiger partial charge in [-0.25, -0.2) is 4.79 Å². The lowest BCUT2D eigenvalue weighted by molar-refractivity contribution is -0.119. The number of carbonyl (C=O) groups is 2. The van der Waals surface area contributed by atoms with Crippen LogP contribution in [0.1, 0.15) is 21.5 Å². The first-order chi connectivity index (χ1) is 13.4. The van der Waals surface area contributed by atoms with E-state index in [9.17, 15) is 9.59 Å². The maximum absolute atomic E-state index is 12.4. The third-order valence-electron chi connectivity index (χ3n) is 4.09. The van der Waals surface area contributed by atoms with Crippen molar-refractivity contribution in [1.29, 1.82) is 0 Å². The summed E-state index contributed by atoms with van der Waals surface area (Å²) in [6.07, 6.45) is 0. The molecule has 28 heavy (non-hydrogen) atoms. The fourth-order valence-corrected chi connectivity index (χ4v) is 3.22. The van der Waals surface area contributed by atoms with Gasteiger partial charge in [0.1, 0.15) is 13.2 Å². The zero-order chi connectivity index (χ0) is 20.3. The van der Waals surface area contributed by atoms with Gasteiger partial charge < -0.3 is 24.3 Å². The van der Waals surface area contributed by atoms with Crippen LogP contribution >= 0.6 is 11.6 Å². The van der Waals surface area contributed by atoms with E-state index in [4.69, 9.17) is 30.5 Å². The molecule has 0 radical (unpaired) electrons. The van der Waals surface area contributed by atoms with Crippen molar-refractivity contribution in [3.8, 4) is 17.2 Å². The van der Waals surface area contributed by atoms with Gasteiger partial charge in [0.2, 0.25) is 5.75 Å². The van der Waals surface area contributed by atoms with Gasteiger partial charge in [0.15, 0.2) is 18.1 Å². The fourth-order valence-electron chi connectivity index (χ4n) is 2.85. The number of benzene rings is 2. The third kappa shape index (κ3) is 4.31. The highest BCUT2D eigenvalue weighted by Crippen LogP contribution is 2.40. The molecule has 1 heterocycles. The molecule has 7 nitrogen and oxygen atoms in total. The van der Waals surface area contributed by atoms with Crippen molar-refractivity contribution in [2.75, 3.05) is 32.2 Å². The molecule has 1 aliphatic heterocycles. The highest BCUT2D eigenvalue weighted by Gasteiger charge is 2.22. The molecule has 0 unspecified atom stereocenters. The summed E-state index contributed by atoms with van der Waals surface area (Å²) >= 11 is 6.18. The van der Waals surface area contributed by atoms with E-state index in [1.165, 1.54) is 19.2 Å². The molecule has 0 saturated carbocycles. The number of esters is 1. The zero-order valence-electron chi connectivity index (χ0n) is 15.8. The minimum absolute atomic E-state index is 0.193. The molecule has 0 atom stereocenters. The van der Waals surface area contributed by atoms with Gasteiger partial charge >= 0.3 is 5.97 Å². The van der Waals surface area contributed by atoms with E-state index < -0.39 is 18.5 Å². The van der Waals surface area contributed by atoms with Crippen LogP contribution in [0.2, 0.25) is 5.02 Å². The highest BCUT2D eigenvalue weighted by molar-refractivity contribution is 6.34. The van der Waals surface area contributed by atoms with Crippen molar-refractivity contribution >= 4 is 29.2 Å². The smallest absolute Gasteiger partial charge is 0.338 e. The van der Waals surface area contributed by atoms with Crippen LogP contribution in [0.3, 0.4) is 0 Å². The number of aryl methyl sites for hydroxylation is 2. The molecule has 0 spiro atoms. The minimum atomic E-state index is -0.683. The molecule has 0 aromatic heterocycles. The summed E-state index contributed by atoms with van der Waals surface area (Å²) in [5.74, 6) is 0.0103. The van der Waals surface area contributed by atoms with E-state index in [1.54, 1.807) is 6.07 Å². The summed E-state index contributed by atoms with van der Waals surface area (Å²) in [5.41, 5.74) is 2.49. The number of amides is 1. The first kappa shape index (κ1) is 19.8. The average molecular weight is 406 g/mol. The monoisotopic (exact) mass is 405 g/mol. The van der Waals surface area contributed by atoms with E-state index in [-0.39, 0.29) is 5.56 Å². The Morgan fingerprint density at radius 3 is 2.61 bits per heavy atom. The molecule has 1 N–H and O–H groups in total. The summed E-state index contributed by atoms with van der Waals surface area (Å²) in [6, 6.07) is 6.62. The first-order valence-electron chi connectivity index (χ1n) is 8.60. The van der Waals surface area contributed by atoms with Crippen LogP contribution in [0.4, 0.5) is 5.69 Å². The van der Waals surface area contributed by atoms with Crippen LogP contribution < -0.4 is 19.5 Å². The van der Waals surface area contributed by atoms with E-state index in [0.717, 1.165) is 11.1 Å². The van der Waals surface area contributed by atoms with Crippen molar-refractivity contribution < 1.29 is 28.5 Å². The number of ether oxygens (including phenoxy) is 4. The first-order valence-corrected chi connectivity index (χ1v) is 8.98. The lowest BCUT2D eigenvalue weighted by atomic mass is 10.1. The van der Waals surface area contributed by atoms with Crippen LogP contribution in [0.15, 0.2) is 24.3 Å². The molecule has 2 aromatic carbocycles. The number of halogens is 1. The number of carbonyl (C=O) groups excluding carboxylic acids is 2. The number of hydrogen-bond acceptors (Lipinski definition) is 6. The van der Waals surface area contributed by atoms with E-state index in [0.29, 0.717) is 41.2 Å². The van der Waals surface area contributed by atoms with Crippen molar-refractivity contribution in [2.45, 2.75) is 13.8 Å². The maximum Gasteiger partial charge on any atom is 0.338 e. The Morgan fingerprint density at radius 1 is 1.14 bits per heavy atom. The lowest BCUT2D eigenvalue weighted by Crippen LogP contribution is -2.22. The summed E-state index contributed by atoms with van der Waals surface area (Å²) in [5, 5.41) is 3.09. The average Bonchev–Trinajstić information content (AvgIpc) is 2.67. The van der Waals surface area contributed by atoms with Gasteiger partial charge in [-0.3, -0.25) is 4.79 Å². The van der Waals surface area contributed by atoms with Gasteiger partial charge in [-0.05, 0) is 43.2 Å². The van der Waals surface area contributed by atoms with Crippen LogP contribution in [0.5, 0.6) is 17.2 Å². The Hall–Kier alpha value is -2.93. The van der Waals surface area contributed by atoms with Gasteiger partial charge in [-0.15, -0.1) is 0 Å². The van der Waals surface area contributed by atoms with Crippen molar-refractivity contribution in [3.63, 3.8) is 0 Å². The molecule has 1 amide bonds. The SMILES string of the molecule is COc1cc(C(=O)OCC(=O)Nc2c(C)cc(C)cc2Cl)cc2c1OCCO2. The summed E-state index contributed by atoms with van der Waals surface area (Å²) in [7, 11) is 1.46. The molecule has 3 rings (SSSR count). The predicted octanol–water partition coefficient (Wildman–Crippen LogP) is 3.53. The number of rotatable bonds is 5. The summed E-state index contributed by atoms with van der Waals surface area (Å²) in [4.78, 5) is 24.5. The Balaban J connectivity index is 1.66. The molecular formula is C20H20ClNO6. The van der Waals surface area contributed by atoms with Crippen LogP contribution in [-0.4, -0.2) is 38.8 Å². The molecule has 1 aliphatic rings. The predicted molar refractivity (Wildman–Crippen MR) is 104 cm³/mol. The Kier molecular flexibility index (Phi) is 5.94. The van der Waals surface area contributed by atoms with Gasteiger partial charge in [0.05, 0.1) is 23.4 Å². The second-order valence-corrected chi connectivity index (χ2v) is 6.67. The number of anilines is 1. The number of hydrogen-bond donors (Lipinski definition) is 1. The summed E-state index contributed by atoms with van der Waals surface area (Å²) < 4.78 is 21.3. The zero-order valence-corrected chi connectivity index (χ0v) is 16.5. The van der Waals surface area contributed by atoms with Crippen molar-refractivity contribution in [1.82, 2.24) is 0 Å². The Morgan fingerprint density at radius 2 is 1.89 bits per heavy atom. The highest BCUT2D eigenvalue weighted by atomic mass is 35.5. The molecule has 8 heteroatoms. The normalized spacial score (nSPS) is 12.3. The molecule has 148 valence electrons. The van der Waals surface area contributed by atoms with E-state index in [1.807, 2.05) is 19.9 Å². The Bertz CT molecular complexity index is 887. The topological polar surface area (TPSA) is 83.1 Å². The van der Waals surface area contributed by atoms with Crippen molar-refractivity contribution in [3.05, 3.63) is 46.0 Å².